The van der Waals surface area contributed by atoms with Crippen LogP contribution in [0.5, 0.6) is 0 Å². The van der Waals surface area contributed by atoms with Crippen LogP contribution in [0.3, 0.4) is 0 Å². The van der Waals surface area contributed by atoms with Crippen LogP contribution in [0.2, 0.25) is 0 Å². The van der Waals surface area contributed by atoms with Gasteiger partial charge in [0, 0.05) is 50.4 Å². The minimum atomic E-state index is -1.50. The van der Waals surface area contributed by atoms with Gasteiger partial charge in [-0.15, -0.1) is 0 Å². The minimum absolute atomic E-state index is 0.282. The van der Waals surface area contributed by atoms with Crippen LogP contribution >= 0.6 is 0 Å². The van der Waals surface area contributed by atoms with E-state index in [4.69, 9.17) is 5.21 Å². The van der Waals surface area contributed by atoms with E-state index in [9.17, 15) is 14.4 Å². The molecule has 0 radical (unpaired) electrons. The monoisotopic (exact) mass is 491 g/mol. The molecule has 0 bridgehead atoms. The Bertz CT molecular complexity index is 1080. The third-order valence-corrected chi connectivity index (χ3v) is 6.13. The number of amides is 3. The van der Waals surface area contributed by atoms with Gasteiger partial charge in [-0.2, -0.15) is 0 Å². The zero-order chi connectivity index (χ0) is 25.9. The summed E-state index contributed by atoms with van der Waals surface area (Å²) in [6.45, 7) is 5.33. The van der Waals surface area contributed by atoms with Gasteiger partial charge >= 0.3 is 0 Å². The van der Waals surface area contributed by atoms with Crippen molar-refractivity contribution in [2.45, 2.75) is 25.4 Å². The number of carbonyl (C=O) groups is 3. The molecule has 2 aromatic rings. The molecule has 1 fully saturated rings. The van der Waals surface area contributed by atoms with Crippen molar-refractivity contribution in [3.63, 3.8) is 0 Å². The van der Waals surface area contributed by atoms with Crippen LogP contribution in [0.25, 0.3) is 0 Å². The van der Waals surface area contributed by atoms with E-state index in [1.807, 2.05) is 12.1 Å². The Balaban J connectivity index is 1.54. The zero-order valence-corrected chi connectivity index (χ0v) is 20.7. The van der Waals surface area contributed by atoms with E-state index in [1.54, 1.807) is 24.3 Å². The Morgan fingerprint density at radius 3 is 2.11 bits per heavy atom. The molecule has 1 heterocycles. The maximum absolute atomic E-state index is 12.8. The van der Waals surface area contributed by atoms with E-state index >= 15 is 0 Å². The molecule has 1 unspecified atom stereocenters. The maximum Gasteiger partial charge on any atom is 0.275 e. The van der Waals surface area contributed by atoms with E-state index in [1.165, 1.54) is 51.1 Å². The van der Waals surface area contributed by atoms with Crippen molar-refractivity contribution in [1.82, 2.24) is 25.9 Å². The Labute approximate surface area is 211 Å². The first kappa shape index (κ1) is 26.9. The third kappa shape index (κ3) is 7.39. The number of nitrogens with one attached hydrogen (secondary N) is 3. The van der Waals surface area contributed by atoms with Crippen molar-refractivity contribution in [2.24, 2.45) is 0 Å². The summed E-state index contributed by atoms with van der Waals surface area (Å²) in [6, 6.07) is 13.2. The van der Waals surface area contributed by atoms with E-state index < -0.39 is 23.8 Å². The van der Waals surface area contributed by atoms with Gasteiger partial charge in [0.2, 0.25) is 0 Å². The lowest BCUT2D eigenvalue weighted by Gasteiger charge is -2.25. The summed E-state index contributed by atoms with van der Waals surface area (Å²) in [4.78, 5) is 40.1. The van der Waals surface area contributed by atoms with Crippen molar-refractivity contribution in [2.75, 3.05) is 40.3 Å². The third-order valence-electron chi connectivity index (χ3n) is 6.13. The smallest absolute Gasteiger partial charge is 0.275 e. The fourth-order valence-electron chi connectivity index (χ4n) is 4.01. The molecule has 3 amide bonds. The molecule has 0 spiro atoms. The Hall–Kier alpha value is -3.71. The molecule has 1 atom stereocenters. The number of hydrogen-bond acceptors (Lipinski definition) is 6. The summed E-state index contributed by atoms with van der Waals surface area (Å²) >= 11 is 0. The van der Waals surface area contributed by atoms with Crippen LogP contribution in [0.15, 0.2) is 48.5 Å². The molecule has 4 N–H and O–H groups in total. The molecule has 190 valence electrons. The van der Waals surface area contributed by atoms with Crippen molar-refractivity contribution in [3.8, 4) is 11.8 Å². The second-order valence-corrected chi connectivity index (χ2v) is 8.66. The number of hydroxylamine groups is 1. The summed E-state index contributed by atoms with van der Waals surface area (Å²) in [5.41, 5.74) is 4.52. The van der Waals surface area contributed by atoms with Gasteiger partial charge in [0.25, 0.3) is 17.7 Å². The highest BCUT2D eigenvalue weighted by Crippen LogP contribution is 2.10. The van der Waals surface area contributed by atoms with E-state index in [2.05, 4.69) is 39.5 Å². The number of likely N-dealkylation sites (N-methyl/N-ethyl adjacent to an activating group) is 2. The van der Waals surface area contributed by atoms with Crippen LogP contribution in [-0.4, -0.2) is 79.0 Å². The van der Waals surface area contributed by atoms with Gasteiger partial charge in [0.1, 0.15) is 0 Å². The number of likely N-dealkylation sites (tertiary alicyclic amines) is 1. The van der Waals surface area contributed by atoms with Crippen LogP contribution in [0.1, 0.15) is 39.9 Å². The lowest BCUT2D eigenvalue weighted by molar-refractivity contribution is -0.140. The average Bonchev–Trinajstić information content (AvgIpc) is 3.44. The molecular formula is C27H33N5O4. The quantitative estimate of drug-likeness (QED) is 0.137. The summed E-state index contributed by atoms with van der Waals surface area (Å²) in [7, 11) is 2.66. The predicted molar refractivity (Wildman–Crippen MR) is 136 cm³/mol. The summed E-state index contributed by atoms with van der Waals surface area (Å²) in [6.07, 6.45) is 2.63. The van der Waals surface area contributed by atoms with Crippen LogP contribution in [0, 0.1) is 11.8 Å². The molecule has 1 saturated heterocycles. The van der Waals surface area contributed by atoms with Gasteiger partial charge in [-0.05, 0) is 67.9 Å². The SMILES string of the molecule is CNC(=O)C(C(=O)NO)N(C)C(=O)c1ccc(C#Cc2ccc(CNCCN3CCCC3)cc2)cc1. The largest absolute Gasteiger partial charge is 0.357 e. The summed E-state index contributed by atoms with van der Waals surface area (Å²) in [5, 5.41) is 14.7. The zero-order valence-electron chi connectivity index (χ0n) is 20.7. The fourth-order valence-corrected chi connectivity index (χ4v) is 4.01. The first-order valence-corrected chi connectivity index (χ1v) is 12.0. The van der Waals surface area contributed by atoms with Gasteiger partial charge < -0.3 is 20.4 Å². The van der Waals surface area contributed by atoms with Crippen molar-refractivity contribution in [1.29, 1.82) is 0 Å². The standard InChI is InChI=1S/C27H33N5O4/c1-28-25(33)24(26(34)30-36)31(2)27(35)23-13-11-21(12-14-23)6-5-20-7-9-22(10-8-20)19-29-15-18-32-16-3-4-17-32/h7-14,24,29,36H,3-4,15-19H2,1-2H3,(H,28,33)(H,30,34). The van der Waals surface area contributed by atoms with E-state index in [-0.39, 0.29) is 5.56 Å². The second kappa shape index (κ2) is 13.4. The first-order valence-electron chi connectivity index (χ1n) is 12.0. The molecular weight excluding hydrogens is 458 g/mol. The molecule has 36 heavy (non-hydrogen) atoms. The lowest BCUT2D eigenvalue weighted by Crippen LogP contribution is -2.54. The predicted octanol–water partition coefficient (Wildman–Crippen LogP) is 0.964. The highest BCUT2D eigenvalue weighted by molar-refractivity contribution is 6.08. The van der Waals surface area contributed by atoms with Gasteiger partial charge in [-0.25, -0.2) is 5.48 Å². The maximum atomic E-state index is 12.8. The van der Waals surface area contributed by atoms with Crippen LogP contribution in [0.4, 0.5) is 0 Å². The molecule has 1 aliphatic heterocycles. The van der Waals surface area contributed by atoms with E-state index in [0.717, 1.165) is 35.7 Å². The normalized spacial score (nSPS) is 13.9. The van der Waals surface area contributed by atoms with Gasteiger partial charge in [-0.1, -0.05) is 24.0 Å². The highest BCUT2D eigenvalue weighted by atomic mass is 16.5. The molecule has 9 nitrogen and oxygen atoms in total. The number of nitrogens with zero attached hydrogens (tertiary/aromatic N) is 2. The average molecular weight is 492 g/mol. The molecule has 2 aromatic carbocycles. The van der Waals surface area contributed by atoms with Gasteiger partial charge in [-0.3, -0.25) is 19.6 Å². The Kier molecular flexibility index (Phi) is 10.0. The van der Waals surface area contributed by atoms with Gasteiger partial charge in [0.05, 0.1) is 0 Å². The van der Waals surface area contributed by atoms with E-state index in [0.29, 0.717) is 0 Å². The fraction of sp³-hybridized carbons (Fsp3) is 0.370. The second-order valence-electron chi connectivity index (χ2n) is 8.66. The van der Waals surface area contributed by atoms with Crippen molar-refractivity contribution < 1.29 is 19.6 Å². The molecule has 0 aromatic heterocycles. The Morgan fingerprint density at radius 1 is 0.972 bits per heavy atom. The lowest BCUT2D eigenvalue weighted by atomic mass is 10.1. The first-order chi connectivity index (χ1) is 17.4. The molecule has 1 aliphatic rings. The summed E-state index contributed by atoms with van der Waals surface area (Å²) < 4.78 is 0. The molecule has 9 heteroatoms. The molecule has 0 aliphatic carbocycles. The molecule has 0 saturated carbocycles. The number of hydrogen-bond donors (Lipinski definition) is 4. The topological polar surface area (TPSA) is 114 Å². The Morgan fingerprint density at radius 2 is 1.56 bits per heavy atom. The van der Waals surface area contributed by atoms with Crippen molar-refractivity contribution >= 4 is 17.7 Å². The molecule has 3 rings (SSSR count). The highest BCUT2D eigenvalue weighted by Gasteiger charge is 2.33. The van der Waals surface area contributed by atoms with Crippen LogP contribution in [-0.2, 0) is 16.1 Å². The number of carbonyl (C=O) groups excluding carboxylic acids is 3. The van der Waals surface area contributed by atoms with Crippen LogP contribution < -0.4 is 16.1 Å². The van der Waals surface area contributed by atoms with Crippen molar-refractivity contribution in [3.05, 3.63) is 70.8 Å². The summed E-state index contributed by atoms with van der Waals surface area (Å²) in [5.74, 6) is 3.93. The number of rotatable bonds is 9. The minimum Gasteiger partial charge on any atom is -0.357 e. The number of benzene rings is 2. The van der Waals surface area contributed by atoms with Gasteiger partial charge in [0.15, 0.2) is 6.04 Å².